The molecule has 1 amide bonds. The van der Waals surface area contributed by atoms with E-state index in [1.165, 1.54) is 0 Å². The van der Waals surface area contributed by atoms with Crippen LogP contribution in [0.3, 0.4) is 0 Å². The summed E-state index contributed by atoms with van der Waals surface area (Å²) in [6.45, 7) is 9.63. The third kappa shape index (κ3) is 4.12. The van der Waals surface area contributed by atoms with E-state index in [-0.39, 0.29) is 11.8 Å². The van der Waals surface area contributed by atoms with Gasteiger partial charge in [-0.15, -0.1) is 0 Å². The lowest BCUT2D eigenvalue weighted by Crippen LogP contribution is -2.48. The molecule has 0 aliphatic carbocycles. The van der Waals surface area contributed by atoms with E-state index in [0.717, 1.165) is 25.8 Å². The Labute approximate surface area is 99.4 Å². The second kappa shape index (κ2) is 6.24. The number of amides is 1. The van der Waals surface area contributed by atoms with Crippen LogP contribution in [0.2, 0.25) is 0 Å². The Morgan fingerprint density at radius 2 is 2.12 bits per heavy atom. The molecule has 1 saturated heterocycles. The molecule has 0 spiro atoms. The summed E-state index contributed by atoms with van der Waals surface area (Å²) in [6.07, 6.45) is 3.19. The highest BCUT2D eigenvalue weighted by Crippen LogP contribution is 2.17. The zero-order valence-corrected chi connectivity index (χ0v) is 11.0. The lowest BCUT2D eigenvalue weighted by molar-refractivity contribution is -0.127. The maximum Gasteiger partial charge on any atom is 0.224 e. The first-order valence-corrected chi connectivity index (χ1v) is 6.54. The van der Waals surface area contributed by atoms with E-state index >= 15 is 0 Å². The summed E-state index contributed by atoms with van der Waals surface area (Å²) in [7, 11) is 0. The quantitative estimate of drug-likeness (QED) is 0.769. The molecule has 0 bridgehead atoms. The van der Waals surface area contributed by atoms with Crippen LogP contribution in [0.4, 0.5) is 0 Å². The van der Waals surface area contributed by atoms with Gasteiger partial charge in [-0.05, 0) is 45.6 Å². The highest BCUT2D eigenvalue weighted by Gasteiger charge is 2.28. The first-order chi connectivity index (χ1) is 7.50. The maximum absolute atomic E-state index is 12.0. The molecule has 1 aliphatic heterocycles. The molecule has 94 valence electrons. The Balaban J connectivity index is 2.38. The third-order valence-corrected chi connectivity index (χ3v) is 3.31. The minimum Gasteiger partial charge on any atom is -0.353 e. The van der Waals surface area contributed by atoms with Gasteiger partial charge in [0.25, 0.3) is 0 Å². The second-order valence-electron chi connectivity index (χ2n) is 5.53. The molecular weight excluding hydrogens is 200 g/mol. The number of rotatable bonds is 4. The molecular formula is C13H26N2O. The standard InChI is InChI=1S/C13H26N2O/c1-9(2)8-10(3)15-13(16)12-6-5-7-14-11(12)4/h9-12,14H,5-8H2,1-4H3,(H,15,16). The average molecular weight is 226 g/mol. The fourth-order valence-electron chi connectivity index (χ4n) is 2.52. The predicted octanol–water partition coefficient (Wildman–Crippen LogP) is 1.93. The van der Waals surface area contributed by atoms with Gasteiger partial charge >= 0.3 is 0 Å². The molecule has 3 atom stereocenters. The SMILES string of the molecule is CC(C)CC(C)NC(=O)C1CCCNC1C. The summed E-state index contributed by atoms with van der Waals surface area (Å²) < 4.78 is 0. The van der Waals surface area contributed by atoms with E-state index in [0.29, 0.717) is 18.0 Å². The minimum absolute atomic E-state index is 0.156. The van der Waals surface area contributed by atoms with E-state index in [2.05, 4.69) is 38.3 Å². The van der Waals surface area contributed by atoms with Crippen LogP contribution in [-0.2, 0) is 4.79 Å². The molecule has 2 N–H and O–H groups in total. The molecule has 1 rings (SSSR count). The topological polar surface area (TPSA) is 41.1 Å². The summed E-state index contributed by atoms with van der Waals surface area (Å²) in [6, 6.07) is 0.613. The molecule has 0 radical (unpaired) electrons. The van der Waals surface area contributed by atoms with Gasteiger partial charge in [0, 0.05) is 12.1 Å². The largest absolute Gasteiger partial charge is 0.353 e. The number of nitrogens with one attached hydrogen (secondary N) is 2. The summed E-state index contributed by atoms with van der Waals surface area (Å²) in [5.41, 5.74) is 0. The summed E-state index contributed by atoms with van der Waals surface area (Å²) >= 11 is 0. The van der Waals surface area contributed by atoms with Crippen molar-refractivity contribution in [2.75, 3.05) is 6.54 Å². The van der Waals surface area contributed by atoms with Crippen molar-refractivity contribution in [3.05, 3.63) is 0 Å². The zero-order chi connectivity index (χ0) is 12.1. The van der Waals surface area contributed by atoms with Crippen molar-refractivity contribution in [3.63, 3.8) is 0 Å². The van der Waals surface area contributed by atoms with Crippen molar-refractivity contribution in [2.45, 2.75) is 59.0 Å². The minimum atomic E-state index is 0.156. The number of carbonyl (C=O) groups is 1. The molecule has 3 nitrogen and oxygen atoms in total. The number of piperidine rings is 1. The fraction of sp³-hybridized carbons (Fsp3) is 0.923. The summed E-state index contributed by atoms with van der Waals surface area (Å²) in [4.78, 5) is 12.0. The smallest absolute Gasteiger partial charge is 0.224 e. The molecule has 1 fully saturated rings. The highest BCUT2D eigenvalue weighted by molar-refractivity contribution is 5.79. The highest BCUT2D eigenvalue weighted by atomic mass is 16.2. The van der Waals surface area contributed by atoms with Gasteiger partial charge in [-0.2, -0.15) is 0 Å². The van der Waals surface area contributed by atoms with Crippen LogP contribution in [-0.4, -0.2) is 24.5 Å². The second-order valence-corrected chi connectivity index (χ2v) is 5.53. The molecule has 16 heavy (non-hydrogen) atoms. The summed E-state index contributed by atoms with van der Waals surface area (Å²) in [5.74, 6) is 1.02. The van der Waals surface area contributed by atoms with Crippen LogP contribution in [0.15, 0.2) is 0 Å². The molecule has 1 aliphatic rings. The van der Waals surface area contributed by atoms with Crippen molar-refractivity contribution in [1.82, 2.24) is 10.6 Å². The number of hydrogen-bond acceptors (Lipinski definition) is 2. The fourth-order valence-corrected chi connectivity index (χ4v) is 2.52. The van der Waals surface area contributed by atoms with E-state index in [1.807, 2.05) is 0 Å². The van der Waals surface area contributed by atoms with E-state index in [9.17, 15) is 4.79 Å². The van der Waals surface area contributed by atoms with Gasteiger partial charge in [-0.1, -0.05) is 13.8 Å². The molecule has 0 saturated carbocycles. The molecule has 1 heterocycles. The Kier molecular flexibility index (Phi) is 5.26. The van der Waals surface area contributed by atoms with E-state index in [4.69, 9.17) is 0 Å². The van der Waals surface area contributed by atoms with Crippen LogP contribution < -0.4 is 10.6 Å². The van der Waals surface area contributed by atoms with Gasteiger partial charge in [0.15, 0.2) is 0 Å². The van der Waals surface area contributed by atoms with Crippen molar-refractivity contribution in [2.24, 2.45) is 11.8 Å². The van der Waals surface area contributed by atoms with Crippen molar-refractivity contribution in [3.8, 4) is 0 Å². The Hall–Kier alpha value is -0.570. The molecule has 0 aromatic heterocycles. The lowest BCUT2D eigenvalue weighted by Gasteiger charge is -2.30. The monoisotopic (exact) mass is 226 g/mol. The predicted molar refractivity (Wildman–Crippen MR) is 67.2 cm³/mol. The van der Waals surface area contributed by atoms with Gasteiger partial charge < -0.3 is 10.6 Å². The van der Waals surface area contributed by atoms with Crippen molar-refractivity contribution in [1.29, 1.82) is 0 Å². The molecule has 3 unspecified atom stereocenters. The zero-order valence-electron chi connectivity index (χ0n) is 11.0. The van der Waals surface area contributed by atoms with Crippen LogP contribution in [0.25, 0.3) is 0 Å². The van der Waals surface area contributed by atoms with Crippen LogP contribution in [0.1, 0.15) is 47.0 Å². The molecule has 0 aromatic rings. The van der Waals surface area contributed by atoms with Gasteiger partial charge in [-0.3, -0.25) is 4.79 Å². The average Bonchev–Trinajstić information content (AvgIpc) is 2.16. The Morgan fingerprint density at radius 3 is 2.69 bits per heavy atom. The third-order valence-electron chi connectivity index (χ3n) is 3.31. The Bertz CT molecular complexity index is 228. The van der Waals surface area contributed by atoms with E-state index in [1.54, 1.807) is 0 Å². The van der Waals surface area contributed by atoms with E-state index < -0.39 is 0 Å². The first-order valence-electron chi connectivity index (χ1n) is 6.54. The Morgan fingerprint density at radius 1 is 1.44 bits per heavy atom. The molecule has 3 heteroatoms. The van der Waals surface area contributed by atoms with Gasteiger partial charge in [0.05, 0.1) is 5.92 Å². The van der Waals surface area contributed by atoms with Crippen LogP contribution in [0, 0.1) is 11.8 Å². The first kappa shape index (κ1) is 13.5. The van der Waals surface area contributed by atoms with Crippen molar-refractivity contribution >= 4 is 5.91 Å². The van der Waals surface area contributed by atoms with Crippen LogP contribution in [0.5, 0.6) is 0 Å². The number of carbonyl (C=O) groups excluding carboxylic acids is 1. The number of hydrogen-bond donors (Lipinski definition) is 2. The van der Waals surface area contributed by atoms with Crippen molar-refractivity contribution < 1.29 is 4.79 Å². The maximum atomic E-state index is 12.0. The summed E-state index contributed by atoms with van der Waals surface area (Å²) in [5, 5.41) is 6.50. The van der Waals surface area contributed by atoms with Gasteiger partial charge in [0.2, 0.25) is 5.91 Å². The lowest BCUT2D eigenvalue weighted by atomic mass is 9.90. The van der Waals surface area contributed by atoms with Crippen LogP contribution >= 0.6 is 0 Å². The normalized spacial score (nSPS) is 27.8. The van der Waals surface area contributed by atoms with Gasteiger partial charge in [-0.25, -0.2) is 0 Å². The molecule has 0 aromatic carbocycles. The van der Waals surface area contributed by atoms with Gasteiger partial charge in [0.1, 0.15) is 0 Å².